The van der Waals surface area contributed by atoms with Crippen molar-refractivity contribution in [3.05, 3.63) is 65.2 Å². The Balaban J connectivity index is 1.11. The first-order valence-corrected chi connectivity index (χ1v) is 23.9. The largest absolute Gasteiger partial charge is 0.406 e. The minimum atomic E-state index is -4.82. The van der Waals surface area contributed by atoms with Crippen LogP contribution in [-0.2, 0) is 33.2 Å². The fourth-order valence-electron chi connectivity index (χ4n) is 6.63. The van der Waals surface area contributed by atoms with Gasteiger partial charge in [-0.1, -0.05) is 52.8 Å². The van der Waals surface area contributed by atoms with Crippen molar-refractivity contribution >= 4 is 64.5 Å². The van der Waals surface area contributed by atoms with Gasteiger partial charge in [0.2, 0.25) is 11.9 Å². The molecule has 0 radical (unpaired) electrons. The van der Waals surface area contributed by atoms with Gasteiger partial charge in [-0.15, -0.1) is 0 Å². The second-order valence-electron chi connectivity index (χ2n) is 16.7. The number of aliphatic hydroxyl groups is 2. The first-order chi connectivity index (χ1) is 29.2. The Kier molecular flexibility index (Phi) is 12.5. The number of carbonyl (C=O) groups excluding carboxylic acids is 2. The molecule has 6 heterocycles. The number of amides is 2. The zero-order chi connectivity index (χ0) is 44.9. The van der Waals surface area contributed by atoms with Crippen LogP contribution in [0, 0.1) is 5.92 Å². The zero-order valence-electron chi connectivity index (χ0n) is 34.7. The summed E-state index contributed by atoms with van der Waals surface area (Å²) in [6.45, 7) is 11.6. The summed E-state index contributed by atoms with van der Waals surface area (Å²) >= 11 is 0. The van der Waals surface area contributed by atoms with E-state index >= 15 is 4.39 Å². The number of hydrogen-bond acceptors (Lipinski definition) is 16. The first kappa shape index (κ1) is 44.9. The molecule has 22 nitrogen and oxygen atoms in total. The molecule has 2 aliphatic rings. The number of benzene rings is 1. The second-order valence-corrected chi connectivity index (χ2v) is 22.8. The monoisotopic (exact) mass is 901 g/mol. The number of alkyl halides is 1. The van der Waals surface area contributed by atoms with Crippen LogP contribution in [0.4, 0.5) is 16.2 Å². The van der Waals surface area contributed by atoms with Crippen molar-refractivity contribution in [2.45, 2.75) is 102 Å². The number of aliphatic hydroxyl groups excluding tert-OH is 2. The fraction of sp³-hybridized carbons (Fsp3) is 0.514. The number of nitrogens with zero attached hydrogens (tertiary/aromatic N) is 7. The van der Waals surface area contributed by atoms with Gasteiger partial charge in [0.15, 0.2) is 55.1 Å². The molecule has 4 aromatic heterocycles. The lowest BCUT2D eigenvalue weighted by atomic mass is 10.1. The summed E-state index contributed by atoms with van der Waals surface area (Å²) in [5.74, 6) is -1.45. The molecule has 0 spiro atoms. The summed E-state index contributed by atoms with van der Waals surface area (Å²) in [5, 5.41) is 26.2. The Labute approximate surface area is 355 Å². The number of hydrogen-bond donors (Lipinski definition) is 6. The van der Waals surface area contributed by atoms with Crippen molar-refractivity contribution in [3.8, 4) is 0 Å². The average molecular weight is 902 g/mol. The third-order valence-corrected chi connectivity index (χ3v) is 16.5. The maximum Gasteiger partial charge on any atom is 0.336 e. The number of nitrogens with one attached hydrogen (secondary N) is 4. The minimum Gasteiger partial charge on any atom is -0.406 e. The minimum absolute atomic E-state index is 0.0343. The van der Waals surface area contributed by atoms with Crippen molar-refractivity contribution in [1.29, 1.82) is 0 Å². The lowest BCUT2D eigenvalue weighted by Gasteiger charge is -2.40. The Morgan fingerprint density at radius 3 is 2.29 bits per heavy atom. The van der Waals surface area contributed by atoms with Crippen molar-refractivity contribution in [2.24, 2.45) is 5.92 Å². The number of fused-ring (bicyclic) bond motifs is 2. The van der Waals surface area contributed by atoms with Crippen molar-refractivity contribution in [2.75, 3.05) is 23.8 Å². The summed E-state index contributed by atoms with van der Waals surface area (Å²) in [4.78, 5) is 61.9. The molecule has 2 aliphatic heterocycles. The van der Waals surface area contributed by atoms with Crippen LogP contribution in [0.1, 0.15) is 57.4 Å². The molecule has 7 rings (SSSR count). The number of aromatic nitrogens is 8. The third kappa shape index (κ3) is 8.89. The lowest BCUT2D eigenvalue weighted by molar-refractivity contribution is -0.118. The molecule has 0 saturated carbocycles. The Hall–Kier alpha value is -5.12. The van der Waals surface area contributed by atoms with E-state index in [1.54, 1.807) is 44.2 Å². The summed E-state index contributed by atoms with van der Waals surface area (Å²) in [5.41, 5.74) is -0.301. The van der Waals surface area contributed by atoms with Gasteiger partial charge in [-0.3, -0.25) is 33.8 Å². The molecule has 5 aromatic rings. The van der Waals surface area contributed by atoms with E-state index in [9.17, 15) is 33.0 Å². The van der Waals surface area contributed by atoms with Crippen LogP contribution in [0.15, 0.2) is 54.1 Å². The van der Waals surface area contributed by atoms with E-state index in [0.29, 0.717) is 5.56 Å². The third-order valence-electron chi connectivity index (χ3n) is 11.1. The Bertz CT molecular complexity index is 2620. The van der Waals surface area contributed by atoms with Gasteiger partial charge >= 0.3 is 10.3 Å². The van der Waals surface area contributed by atoms with E-state index in [1.165, 1.54) is 21.8 Å². The Morgan fingerprint density at radius 2 is 1.63 bits per heavy atom. The number of aromatic amines is 1. The van der Waals surface area contributed by atoms with Crippen LogP contribution >= 0.6 is 0 Å². The highest BCUT2D eigenvalue weighted by Gasteiger charge is 2.54. The standard InChI is InChI=1S/C37H48FN11O11SSi/c1-18(2)31(52)46-36-45-30-24(33(54)47-36)42-17-49(30)35-27(60-62(6,7)37(3,4)5)26(21(14-50)58-35)59-61(55,56)43-13-20-25(51)22(38)34(57-20)48-16-41-23-28(39-15-40-29(23)48)44-32(53)19-11-9-8-10-12-19/h8-12,15-18,20-22,25-27,34-35,43,50-51H,13-14H2,1-7H3,(H,39,40,44,53)(H2,45,46,47,52,54)/t20-,21-,22-,25-,26-,27-,34-,35-/m1/s1. The summed E-state index contributed by atoms with van der Waals surface area (Å²) in [7, 11) is -7.63. The molecule has 0 unspecified atom stereocenters. The van der Waals surface area contributed by atoms with Crippen LogP contribution in [0.3, 0.4) is 0 Å². The number of anilines is 2. The lowest BCUT2D eigenvalue weighted by Crippen LogP contribution is -2.51. The predicted molar refractivity (Wildman–Crippen MR) is 221 cm³/mol. The topological polar surface area (TPSA) is 289 Å². The maximum atomic E-state index is 15.8. The van der Waals surface area contributed by atoms with Crippen molar-refractivity contribution in [1.82, 2.24) is 43.8 Å². The maximum absolute atomic E-state index is 15.8. The summed E-state index contributed by atoms with van der Waals surface area (Å²) in [6.07, 6.45) is -8.66. The van der Waals surface area contributed by atoms with Crippen LogP contribution in [0.5, 0.6) is 0 Å². The molecule has 62 heavy (non-hydrogen) atoms. The van der Waals surface area contributed by atoms with E-state index in [1.807, 2.05) is 33.9 Å². The van der Waals surface area contributed by atoms with Gasteiger partial charge in [0, 0.05) is 18.0 Å². The molecule has 0 aliphatic carbocycles. The molecule has 2 amide bonds. The number of rotatable bonds is 14. The molecule has 25 heteroatoms. The highest BCUT2D eigenvalue weighted by molar-refractivity contribution is 7.84. The Morgan fingerprint density at radius 1 is 0.968 bits per heavy atom. The molecular weight excluding hydrogens is 854 g/mol. The predicted octanol–water partition coefficient (Wildman–Crippen LogP) is 1.90. The molecule has 6 N–H and O–H groups in total. The van der Waals surface area contributed by atoms with E-state index in [4.69, 9.17) is 18.1 Å². The van der Waals surface area contributed by atoms with Gasteiger partial charge in [0.1, 0.15) is 36.8 Å². The molecule has 2 fully saturated rings. The van der Waals surface area contributed by atoms with Gasteiger partial charge in [0.05, 0.1) is 19.3 Å². The molecule has 1 aromatic carbocycles. The fourth-order valence-corrected chi connectivity index (χ4v) is 8.88. The molecule has 0 bridgehead atoms. The van der Waals surface area contributed by atoms with Crippen LogP contribution < -0.4 is 20.9 Å². The molecule has 2 saturated heterocycles. The van der Waals surface area contributed by atoms with E-state index < -0.39 is 109 Å². The number of H-pyrrole nitrogens is 1. The quantitative estimate of drug-likeness (QED) is 0.0868. The van der Waals surface area contributed by atoms with Gasteiger partial charge in [0.25, 0.3) is 11.5 Å². The van der Waals surface area contributed by atoms with Gasteiger partial charge < -0.3 is 29.4 Å². The van der Waals surface area contributed by atoms with Crippen LogP contribution in [-0.4, -0.2) is 128 Å². The number of imidazole rings is 2. The second kappa shape index (κ2) is 17.2. The highest BCUT2D eigenvalue weighted by atomic mass is 32.2. The van der Waals surface area contributed by atoms with Gasteiger partial charge in [-0.05, 0) is 30.3 Å². The smallest absolute Gasteiger partial charge is 0.336 e. The van der Waals surface area contributed by atoms with E-state index in [0.717, 1.165) is 6.33 Å². The summed E-state index contributed by atoms with van der Waals surface area (Å²) in [6, 6.07) is 8.36. The molecule has 334 valence electrons. The number of carbonyl (C=O) groups is 2. The van der Waals surface area contributed by atoms with E-state index in [2.05, 4.69) is 45.3 Å². The SMILES string of the molecule is CC(C)C(=O)Nc1nc2c(ncn2[C@@H]2O[C@H](CO)[C@@H](OS(=O)(=O)NC[C@H]3O[C@@H](n4cnc5c(NC(=O)c6ccccc6)ncnc54)[C@H](F)[C@@H]3O)[C@H]2O[Si](C)(C)C(C)(C)C)c(=O)[nH]1. The zero-order valence-corrected chi connectivity index (χ0v) is 36.5. The average Bonchev–Trinajstić information content (AvgIpc) is 3.98. The van der Waals surface area contributed by atoms with Crippen LogP contribution in [0.2, 0.25) is 18.1 Å². The summed E-state index contributed by atoms with van der Waals surface area (Å²) < 4.78 is 72.5. The van der Waals surface area contributed by atoms with Crippen molar-refractivity contribution < 1.29 is 50.7 Å². The normalized spacial score (nSPS) is 24.6. The number of halogens is 1. The van der Waals surface area contributed by atoms with E-state index in [-0.39, 0.29) is 34.1 Å². The first-order valence-electron chi connectivity index (χ1n) is 19.6. The highest BCUT2D eigenvalue weighted by Crippen LogP contribution is 2.43. The molecule has 8 atom stereocenters. The van der Waals surface area contributed by atoms with Crippen LogP contribution in [0.25, 0.3) is 22.3 Å². The van der Waals surface area contributed by atoms with Gasteiger partial charge in [-0.25, -0.2) is 28.5 Å². The number of ether oxygens (including phenoxy) is 2. The van der Waals surface area contributed by atoms with Crippen molar-refractivity contribution in [3.63, 3.8) is 0 Å². The van der Waals surface area contributed by atoms with Gasteiger partial charge in [-0.2, -0.15) is 18.1 Å². The molecular formula is C37H48FN11O11SSi.